The summed E-state index contributed by atoms with van der Waals surface area (Å²) in [6.07, 6.45) is 1.01. The molecule has 1 heterocycles. The number of guanidine groups is 1. The van der Waals surface area contributed by atoms with Gasteiger partial charge in [0.1, 0.15) is 0 Å². The lowest BCUT2D eigenvalue weighted by Gasteiger charge is -2.36. The third-order valence-electron chi connectivity index (χ3n) is 4.54. The number of nitrogens with one attached hydrogen (secondary N) is 1. The molecule has 5 nitrogen and oxygen atoms in total. The van der Waals surface area contributed by atoms with E-state index in [-0.39, 0.29) is 35.3 Å². The van der Waals surface area contributed by atoms with E-state index < -0.39 is 0 Å². The molecule has 1 aromatic rings. The predicted molar refractivity (Wildman–Crippen MR) is 119 cm³/mol. The van der Waals surface area contributed by atoms with E-state index in [1.54, 1.807) is 6.92 Å². The van der Waals surface area contributed by atoms with Gasteiger partial charge in [-0.1, -0.05) is 44.2 Å². The molecule has 0 radical (unpaired) electrons. The van der Waals surface area contributed by atoms with Crippen LogP contribution in [0.4, 0.5) is 0 Å². The van der Waals surface area contributed by atoms with Crippen LogP contribution in [0.2, 0.25) is 0 Å². The summed E-state index contributed by atoms with van der Waals surface area (Å²) in [5, 5.41) is 3.41. The minimum absolute atomic E-state index is 0. The molecule has 26 heavy (non-hydrogen) atoms. The lowest BCUT2D eigenvalue weighted by atomic mass is 9.86. The topological polar surface area (TPSA) is 47.9 Å². The van der Waals surface area contributed by atoms with Crippen molar-refractivity contribution >= 4 is 35.8 Å². The molecule has 1 saturated heterocycles. The molecule has 146 valence electrons. The Labute approximate surface area is 175 Å². The first-order valence-electron chi connectivity index (χ1n) is 9.24. The number of halogens is 1. The minimum Gasteiger partial charge on any atom is -0.357 e. The molecule has 1 amide bonds. The first-order chi connectivity index (χ1) is 11.9. The molecular weight excluding hydrogens is 439 g/mol. The standard InChI is InChI=1S/C20H32N4O.HI/c1-5-21-19(24-13-11-23(12-14-24)17(2)25)22-16-20(3,4)15-18-9-7-6-8-10-18;/h6-10H,5,11-16H2,1-4H3,(H,21,22);1H. The number of carbonyl (C=O) groups is 1. The Morgan fingerprint density at radius 3 is 2.23 bits per heavy atom. The number of piperazine rings is 1. The molecule has 1 aliphatic rings. The smallest absolute Gasteiger partial charge is 0.219 e. The van der Waals surface area contributed by atoms with Crippen LogP contribution in [0.1, 0.15) is 33.3 Å². The highest BCUT2D eigenvalue weighted by atomic mass is 127. The van der Waals surface area contributed by atoms with Crippen LogP contribution in [-0.2, 0) is 11.2 Å². The Morgan fingerprint density at radius 2 is 1.69 bits per heavy atom. The molecule has 1 aromatic carbocycles. The van der Waals surface area contributed by atoms with Crippen molar-refractivity contribution < 1.29 is 4.79 Å². The Morgan fingerprint density at radius 1 is 1.12 bits per heavy atom. The van der Waals surface area contributed by atoms with Gasteiger partial charge < -0.3 is 15.1 Å². The molecule has 2 rings (SSSR count). The minimum atomic E-state index is 0. The van der Waals surface area contributed by atoms with E-state index in [2.05, 4.69) is 61.3 Å². The fraction of sp³-hybridized carbons (Fsp3) is 0.600. The average Bonchev–Trinajstić information content (AvgIpc) is 2.59. The maximum Gasteiger partial charge on any atom is 0.219 e. The molecule has 0 bridgehead atoms. The summed E-state index contributed by atoms with van der Waals surface area (Å²) < 4.78 is 0. The number of amides is 1. The first-order valence-corrected chi connectivity index (χ1v) is 9.24. The zero-order valence-corrected chi connectivity index (χ0v) is 18.8. The van der Waals surface area contributed by atoms with E-state index in [4.69, 9.17) is 4.99 Å². The molecular formula is C20H33IN4O. The van der Waals surface area contributed by atoms with Gasteiger partial charge in [0.25, 0.3) is 0 Å². The van der Waals surface area contributed by atoms with Crippen molar-refractivity contribution in [3.05, 3.63) is 35.9 Å². The average molecular weight is 472 g/mol. The Bertz CT molecular complexity index is 581. The van der Waals surface area contributed by atoms with E-state index in [1.165, 1.54) is 5.56 Å². The van der Waals surface area contributed by atoms with Gasteiger partial charge in [0, 0.05) is 46.2 Å². The monoisotopic (exact) mass is 472 g/mol. The second kappa shape index (κ2) is 10.7. The molecule has 6 heteroatoms. The SMILES string of the molecule is CCNC(=NCC(C)(C)Cc1ccccc1)N1CCN(C(C)=O)CC1.I. The third-order valence-corrected chi connectivity index (χ3v) is 4.54. The molecule has 0 aliphatic carbocycles. The molecule has 0 aromatic heterocycles. The van der Waals surface area contributed by atoms with Crippen LogP contribution in [0.5, 0.6) is 0 Å². The van der Waals surface area contributed by atoms with Crippen LogP contribution in [0.25, 0.3) is 0 Å². The van der Waals surface area contributed by atoms with Crippen LogP contribution in [-0.4, -0.2) is 60.9 Å². The van der Waals surface area contributed by atoms with Gasteiger partial charge >= 0.3 is 0 Å². The molecule has 0 unspecified atom stereocenters. The lowest BCUT2D eigenvalue weighted by molar-refractivity contribution is -0.130. The second-order valence-electron chi connectivity index (χ2n) is 7.49. The van der Waals surface area contributed by atoms with Gasteiger partial charge in [-0.05, 0) is 24.3 Å². The van der Waals surface area contributed by atoms with E-state index in [9.17, 15) is 4.79 Å². The van der Waals surface area contributed by atoms with Crippen LogP contribution in [0, 0.1) is 5.41 Å². The van der Waals surface area contributed by atoms with Crippen LogP contribution >= 0.6 is 24.0 Å². The molecule has 1 fully saturated rings. The second-order valence-corrected chi connectivity index (χ2v) is 7.49. The van der Waals surface area contributed by atoms with Crippen molar-refractivity contribution in [2.45, 2.75) is 34.1 Å². The van der Waals surface area contributed by atoms with Crippen LogP contribution in [0.3, 0.4) is 0 Å². The third kappa shape index (κ3) is 7.13. The van der Waals surface area contributed by atoms with E-state index in [0.29, 0.717) is 0 Å². The van der Waals surface area contributed by atoms with Crippen molar-refractivity contribution in [1.29, 1.82) is 0 Å². The van der Waals surface area contributed by atoms with Gasteiger partial charge in [-0.3, -0.25) is 9.79 Å². The van der Waals surface area contributed by atoms with E-state index >= 15 is 0 Å². The molecule has 0 spiro atoms. The number of aliphatic imine (C=N–C) groups is 1. The zero-order chi connectivity index (χ0) is 18.3. The molecule has 0 atom stereocenters. The largest absolute Gasteiger partial charge is 0.357 e. The number of hydrogen-bond donors (Lipinski definition) is 1. The van der Waals surface area contributed by atoms with Crippen molar-refractivity contribution in [1.82, 2.24) is 15.1 Å². The number of benzene rings is 1. The summed E-state index contributed by atoms with van der Waals surface area (Å²) in [5.41, 5.74) is 1.45. The Hall–Kier alpha value is -1.31. The maximum absolute atomic E-state index is 11.5. The molecule has 1 aliphatic heterocycles. The number of nitrogens with zero attached hydrogens (tertiary/aromatic N) is 3. The van der Waals surface area contributed by atoms with Crippen molar-refractivity contribution in [2.75, 3.05) is 39.3 Å². The summed E-state index contributed by atoms with van der Waals surface area (Å²) in [7, 11) is 0. The highest BCUT2D eigenvalue weighted by Crippen LogP contribution is 2.22. The van der Waals surface area contributed by atoms with Gasteiger partial charge in [-0.15, -0.1) is 24.0 Å². The molecule has 1 N–H and O–H groups in total. The van der Waals surface area contributed by atoms with Gasteiger partial charge in [-0.2, -0.15) is 0 Å². The number of hydrogen-bond acceptors (Lipinski definition) is 2. The fourth-order valence-electron chi connectivity index (χ4n) is 3.15. The Kier molecular flexibility index (Phi) is 9.39. The highest BCUT2D eigenvalue weighted by Gasteiger charge is 2.23. The van der Waals surface area contributed by atoms with E-state index in [1.807, 2.05) is 4.90 Å². The van der Waals surface area contributed by atoms with Gasteiger partial charge in [0.05, 0.1) is 0 Å². The quantitative estimate of drug-likeness (QED) is 0.407. The Balaban J connectivity index is 0.00000338. The summed E-state index contributed by atoms with van der Waals surface area (Å²) in [4.78, 5) is 20.6. The number of rotatable bonds is 5. The fourth-order valence-corrected chi connectivity index (χ4v) is 3.15. The van der Waals surface area contributed by atoms with Gasteiger partial charge in [0.2, 0.25) is 5.91 Å². The predicted octanol–water partition coefficient (Wildman–Crippen LogP) is 3.00. The first kappa shape index (κ1) is 22.7. The summed E-state index contributed by atoms with van der Waals surface area (Å²) >= 11 is 0. The highest BCUT2D eigenvalue weighted by molar-refractivity contribution is 14.0. The normalized spacial score (nSPS) is 15.5. The van der Waals surface area contributed by atoms with Crippen molar-refractivity contribution in [3.8, 4) is 0 Å². The van der Waals surface area contributed by atoms with Crippen molar-refractivity contribution in [2.24, 2.45) is 10.4 Å². The molecule has 0 saturated carbocycles. The summed E-state index contributed by atoms with van der Waals surface area (Å²) in [5.74, 6) is 1.12. The van der Waals surface area contributed by atoms with Gasteiger partial charge in [0.15, 0.2) is 5.96 Å². The van der Waals surface area contributed by atoms with Crippen molar-refractivity contribution in [3.63, 3.8) is 0 Å². The summed E-state index contributed by atoms with van der Waals surface area (Å²) in [6, 6.07) is 10.6. The lowest BCUT2D eigenvalue weighted by Crippen LogP contribution is -2.53. The summed E-state index contributed by atoms with van der Waals surface area (Å²) in [6.45, 7) is 13.1. The van der Waals surface area contributed by atoms with E-state index in [0.717, 1.165) is 51.6 Å². The maximum atomic E-state index is 11.5. The van der Waals surface area contributed by atoms with Crippen LogP contribution < -0.4 is 5.32 Å². The number of carbonyl (C=O) groups excluding carboxylic acids is 1. The van der Waals surface area contributed by atoms with Crippen LogP contribution in [0.15, 0.2) is 35.3 Å². The zero-order valence-electron chi connectivity index (χ0n) is 16.5. The van der Waals surface area contributed by atoms with Gasteiger partial charge in [-0.25, -0.2) is 0 Å².